The number of amides is 2. The van der Waals surface area contributed by atoms with Gasteiger partial charge >= 0.3 is 0 Å². The first-order valence-electron chi connectivity index (χ1n) is 12.0. The third-order valence-electron chi connectivity index (χ3n) is 7.12. The molecule has 7 nitrogen and oxygen atoms in total. The van der Waals surface area contributed by atoms with E-state index in [4.69, 9.17) is 4.98 Å². The van der Waals surface area contributed by atoms with E-state index in [1.165, 1.54) is 31.7 Å². The maximum atomic E-state index is 11.7. The van der Waals surface area contributed by atoms with Crippen LogP contribution >= 0.6 is 11.3 Å². The molecule has 0 saturated carbocycles. The van der Waals surface area contributed by atoms with Crippen LogP contribution in [0.3, 0.4) is 0 Å². The summed E-state index contributed by atoms with van der Waals surface area (Å²) in [5.41, 5.74) is 5.70. The number of benzene rings is 2. The van der Waals surface area contributed by atoms with Crippen molar-refractivity contribution in [2.45, 2.75) is 27.7 Å². The maximum absolute atomic E-state index is 11.7. The van der Waals surface area contributed by atoms with Gasteiger partial charge in [0.15, 0.2) is 13.1 Å². The molecule has 1 aliphatic carbocycles. The molecule has 5 rings (SSSR count). The van der Waals surface area contributed by atoms with Crippen molar-refractivity contribution in [3.63, 3.8) is 0 Å². The Hall–Kier alpha value is -3.00. The smallest absolute Gasteiger partial charge is 0.219 e. The number of nitrogens with zero attached hydrogens (tertiary/aromatic N) is 5. The molecule has 0 N–H and O–H groups in total. The Labute approximate surface area is 204 Å². The van der Waals surface area contributed by atoms with Crippen molar-refractivity contribution in [3.05, 3.63) is 40.7 Å². The molecule has 34 heavy (non-hydrogen) atoms. The minimum Gasteiger partial charge on any atom is -0.368 e. The van der Waals surface area contributed by atoms with Crippen LogP contribution in [-0.2, 0) is 9.59 Å². The quantitative estimate of drug-likeness (QED) is 0.398. The molecule has 0 bridgehead atoms. The SMILES string of the molecule is CC(=O)N1CCN(c2cc(C)c3nc4c(C)cc(=[N+]5CCN(C(C)=O)CC5)cc-4sc3c2)CC1. The minimum atomic E-state index is 0.154. The Morgan fingerprint density at radius 2 is 1.50 bits per heavy atom. The lowest BCUT2D eigenvalue weighted by atomic mass is 10.1. The van der Waals surface area contributed by atoms with Crippen LogP contribution in [0.15, 0.2) is 24.3 Å². The summed E-state index contributed by atoms with van der Waals surface area (Å²) in [7, 11) is 0. The number of hydrogen-bond acceptors (Lipinski definition) is 5. The van der Waals surface area contributed by atoms with Crippen molar-refractivity contribution in [1.82, 2.24) is 19.4 Å². The van der Waals surface area contributed by atoms with Crippen molar-refractivity contribution in [1.29, 1.82) is 0 Å². The summed E-state index contributed by atoms with van der Waals surface area (Å²) in [6.07, 6.45) is 0. The van der Waals surface area contributed by atoms with Crippen LogP contribution in [0.5, 0.6) is 0 Å². The predicted molar refractivity (Wildman–Crippen MR) is 137 cm³/mol. The van der Waals surface area contributed by atoms with E-state index in [0.29, 0.717) is 0 Å². The van der Waals surface area contributed by atoms with E-state index < -0.39 is 0 Å². The average Bonchev–Trinajstić information content (AvgIpc) is 2.83. The van der Waals surface area contributed by atoms with Gasteiger partial charge in [-0.1, -0.05) is 0 Å². The van der Waals surface area contributed by atoms with E-state index in [1.54, 1.807) is 25.2 Å². The fourth-order valence-corrected chi connectivity index (χ4v) is 6.26. The first kappa shape index (κ1) is 22.8. The zero-order chi connectivity index (χ0) is 24.0. The fraction of sp³-hybridized carbons (Fsp3) is 0.462. The molecule has 0 aromatic heterocycles. The van der Waals surface area contributed by atoms with E-state index in [-0.39, 0.29) is 11.8 Å². The molecular formula is C26H32N5O2S+. The second kappa shape index (κ2) is 8.98. The summed E-state index contributed by atoms with van der Waals surface area (Å²) in [5, 5.41) is 1.21. The second-order valence-corrected chi connectivity index (χ2v) is 10.5. The van der Waals surface area contributed by atoms with Crippen LogP contribution in [0.2, 0.25) is 0 Å². The molecule has 2 amide bonds. The monoisotopic (exact) mass is 478 g/mol. The van der Waals surface area contributed by atoms with Gasteiger partial charge in [-0.2, -0.15) is 0 Å². The molecule has 0 unspecified atom stereocenters. The largest absolute Gasteiger partial charge is 0.368 e. The van der Waals surface area contributed by atoms with Crippen LogP contribution in [0, 0.1) is 13.8 Å². The van der Waals surface area contributed by atoms with Crippen LogP contribution in [0.1, 0.15) is 25.0 Å². The van der Waals surface area contributed by atoms with Gasteiger partial charge in [-0.3, -0.25) is 9.59 Å². The van der Waals surface area contributed by atoms with Crippen LogP contribution in [0.4, 0.5) is 5.69 Å². The molecule has 2 saturated heterocycles. The first-order chi connectivity index (χ1) is 16.3. The molecule has 0 spiro atoms. The molecule has 0 atom stereocenters. The minimum absolute atomic E-state index is 0.154. The Morgan fingerprint density at radius 3 is 2.15 bits per heavy atom. The van der Waals surface area contributed by atoms with E-state index in [0.717, 1.165) is 63.6 Å². The number of hydrogen-bond donors (Lipinski definition) is 0. The zero-order valence-electron chi connectivity index (χ0n) is 20.4. The lowest BCUT2D eigenvalue weighted by Crippen LogP contribution is -2.49. The van der Waals surface area contributed by atoms with Crippen molar-refractivity contribution >= 4 is 39.1 Å². The summed E-state index contributed by atoms with van der Waals surface area (Å²) in [5.74, 6) is 0.308. The van der Waals surface area contributed by atoms with Gasteiger partial charge in [0.05, 0.1) is 33.9 Å². The summed E-state index contributed by atoms with van der Waals surface area (Å²) < 4.78 is 3.56. The van der Waals surface area contributed by atoms with Crippen molar-refractivity contribution in [2.75, 3.05) is 57.3 Å². The van der Waals surface area contributed by atoms with Crippen molar-refractivity contribution in [2.24, 2.45) is 0 Å². The summed E-state index contributed by atoms with van der Waals surface area (Å²) in [6.45, 7) is 14.1. The summed E-state index contributed by atoms with van der Waals surface area (Å²) >= 11 is 1.80. The molecule has 1 aromatic rings. The number of aromatic nitrogens is 1. The topological polar surface area (TPSA) is 59.8 Å². The van der Waals surface area contributed by atoms with Gasteiger partial charge < -0.3 is 14.7 Å². The van der Waals surface area contributed by atoms with Gasteiger partial charge in [0.1, 0.15) is 0 Å². The van der Waals surface area contributed by atoms with E-state index in [9.17, 15) is 9.59 Å². The van der Waals surface area contributed by atoms with Crippen LogP contribution in [-0.4, -0.2) is 79.0 Å². The van der Waals surface area contributed by atoms with Crippen molar-refractivity contribution < 1.29 is 9.59 Å². The number of carbonyl (C=O) groups excluding carboxylic acids is 2. The van der Waals surface area contributed by atoms with Crippen LogP contribution < -0.4 is 14.8 Å². The van der Waals surface area contributed by atoms with E-state index in [1.807, 2.05) is 9.80 Å². The standard InChI is InChI=1S/C26H32N5O2S/c1-17-13-21(30-9-5-28(6-10-30)19(3)32)15-23-25(17)27-26-18(2)14-22(16-24(26)34-23)31-11-7-29(8-12-31)20(4)33/h13-16H,5-12H2,1-4H3/q+1. The molecule has 8 heteroatoms. The molecule has 1 aromatic carbocycles. The van der Waals surface area contributed by atoms with E-state index in [2.05, 4.69) is 47.6 Å². The second-order valence-electron chi connectivity index (χ2n) is 9.42. The lowest BCUT2D eigenvalue weighted by Gasteiger charge is -2.35. The van der Waals surface area contributed by atoms with Gasteiger partial charge in [0.2, 0.25) is 17.2 Å². The maximum Gasteiger partial charge on any atom is 0.219 e. The number of carbonyl (C=O) groups is 2. The highest BCUT2D eigenvalue weighted by molar-refractivity contribution is 7.21. The predicted octanol–water partition coefficient (Wildman–Crippen LogP) is 2.32. The van der Waals surface area contributed by atoms with Gasteiger partial charge in [-0.15, -0.1) is 11.3 Å². The van der Waals surface area contributed by atoms with E-state index >= 15 is 0 Å². The average molecular weight is 479 g/mol. The fourth-order valence-electron chi connectivity index (χ4n) is 5.05. The molecule has 3 aliphatic heterocycles. The highest BCUT2D eigenvalue weighted by Crippen LogP contribution is 2.35. The highest BCUT2D eigenvalue weighted by atomic mass is 32.1. The van der Waals surface area contributed by atoms with Gasteiger partial charge in [0, 0.05) is 57.8 Å². The first-order valence-corrected chi connectivity index (χ1v) is 12.8. The number of aryl methyl sites for hydroxylation is 2. The van der Waals surface area contributed by atoms with Gasteiger partial charge in [0.25, 0.3) is 0 Å². The lowest BCUT2D eigenvalue weighted by molar-refractivity contribution is -0.130. The number of fused-ring (bicyclic) bond motifs is 2. The summed E-state index contributed by atoms with van der Waals surface area (Å²) in [4.78, 5) is 35.9. The molecule has 4 aliphatic rings. The number of rotatable bonds is 1. The zero-order valence-corrected chi connectivity index (χ0v) is 21.2. The number of anilines is 1. The van der Waals surface area contributed by atoms with Crippen LogP contribution in [0.25, 0.3) is 20.8 Å². The summed E-state index contributed by atoms with van der Waals surface area (Å²) in [6, 6.07) is 8.98. The Balaban J connectivity index is 1.52. The molecule has 3 heterocycles. The third-order valence-corrected chi connectivity index (χ3v) is 8.19. The third kappa shape index (κ3) is 4.27. The molecule has 2 fully saturated rings. The highest BCUT2D eigenvalue weighted by Gasteiger charge is 2.23. The molecular weight excluding hydrogens is 446 g/mol. The Morgan fingerprint density at radius 1 is 0.853 bits per heavy atom. The molecule has 0 radical (unpaired) electrons. The Bertz CT molecular complexity index is 1310. The normalized spacial score (nSPS) is 17.1. The molecule has 178 valence electrons. The number of piperazine rings is 2. The Kier molecular flexibility index (Phi) is 6.02. The van der Waals surface area contributed by atoms with Gasteiger partial charge in [-0.25, -0.2) is 9.56 Å². The van der Waals surface area contributed by atoms with Gasteiger partial charge in [-0.05, 0) is 37.1 Å². The van der Waals surface area contributed by atoms with Crippen molar-refractivity contribution in [3.8, 4) is 10.6 Å².